The minimum atomic E-state index is -0.169. The zero-order valence-electron chi connectivity index (χ0n) is 16.9. The third-order valence-corrected chi connectivity index (χ3v) is 5.09. The number of benzene rings is 1. The van der Waals surface area contributed by atoms with Crippen LogP contribution in [-0.2, 0) is 28.8 Å². The summed E-state index contributed by atoms with van der Waals surface area (Å²) in [6.07, 6.45) is 6.49. The van der Waals surface area contributed by atoms with Gasteiger partial charge in [0.15, 0.2) is 0 Å². The summed E-state index contributed by atoms with van der Waals surface area (Å²) < 4.78 is 11.4. The van der Waals surface area contributed by atoms with Crippen LogP contribution in [0.15, 0.2) is 34.7 Å². The molecule has 2 aromatic rings. The number of nitrogens with zero attached hydrogens (tertiary/aromatic N) is 2. The number of nitrogens with one attached hydrogen (secondary N) is 1. The molecule has 0 radical (unpaired) electrons. The third kappa shape index (κ3) is 6.75. The van der Waals surface area contributed by atoms with Gasteiger partial charge in [0.1, 0.15) is 0 Å². The van der Waals surface area contributed by atoms with Gasteiger partial charge < -0.3 is 14.5 Å². The highest BCUT2D eigenvalue weighted by Crippen LogP contribution is 2.24. The Kier molecular flexibility index (Phi) is 7.20. The van der Waals surface area contributed by atoms with Crippen LogP contribution in [0, 0.1) is 0 Å². The number of carbonyl (C=O) groups is 1. The number of rotatable bonds is 9. The van der Waals surface area contributed by atoms with E-state index in [0.717, 1.165) is 38.5 Å². The molecule has 1 atom stereocenters. The fraction of sp³-hybridized carbons (Fsp3) is 0.591. The molecule has 0 aliphatic carbocycles. The zero-order chi connectivity index (χ0) is 19.8. The maximum atomic E-state index is 12.2. The lowest BCUT2D eigenvalue weighted by atomic mass is 9.94. The van der Waals surface area contributed by atoms with Gasteiger partial charge in [-0.3, -0.25) is 4.79 Å². The predicted octanol–water partition coefficient (Wildman–Crippen LogP) is 3.64. The first-order valence-electron chi connectivity index (χ1n) is 10.3. The van der Waals surface area contributed by atoms with Crippen LogP contribution in [0.3, 0.4) is 0 Å². The molecular formula is C22H31N3O3. The maximum Gasteiger partial charge on any atom is 0.220 e. The molecule has 3 rings (SSSR count). The Bertz CT molecular complexity index is 742. The van der Waals surface area contributed by atoms with Crippen LogP contribution in [0.2, 0.25) is 0 Å². The molecule has 1 amide bonds. The lowest BCUT2D eigenvalue weighted by molar-refractivity contribution is -0.124. The van der Waals surface area contributed by atoms with Crippen molar-refractivity contribution >= 4 is 5.91 Å². The number of hydrogen-bond acceptors (Lipinski definition) is 5. The number of carbonyl (C=O) groups excluding carboxylic acids is 1. The molecule has 152 valence electrons. The molecule has 6 nitrogen and oxygen atoms in total. The average molecular weight is 386 g/mol. The van der Waals surface area contributed by atoms with Crippen molar-refractivity contribution in [2.24, 2.45) is 0 Å². The van der Waals surface area contributed by atoms with Crippen molar-refractivity contribution in [2.45, 2.75) is 76.9 Å². The van der Waals surface area contributed by atoms with Crippen LogP contribution in [-0.4, -0.2) is 34.4 Å². The van der Waals surface area contributed by atoms with Gasteiger partial charge in [0.2, 0.25) is 17.7 Å². The monoisotopic (exact) mass is 385 g/mol. The standard InChI is InChI=1S/C22H31N3O3/c1-22(2)16-18(14-15-27-22)23-19(26)12-13-21-25-24-20(28-21)11-7-6-10-17-8-4-3-5-9-17/h3-5,8-9,18H,6-7,10-16H2,1-2H3,(H,23,26)/t18-/m0/s1. The van der Waals surface area contributed by atoms with E-state index < -0.39 is 0 Å². The summed E-state index contributed by atoms with van der Waals surface area (Å²) in [4.78, 5) is 12.2. The van der Waals surface area contributed by atoms with E-state index in [1.807, 2.05) is 6.07 Å². The molecule has 1 aliphatic heterocycles. The number of aromatic nitrogens is 2. The van der Waals surface area contributed by atoms with E-state index in [4.69, 9.17) is 9.15 Å². The van der Waals surface area contributed by atoms with E-state index in [2.05, 4.69) is 53.6 Å². The van der Waals surface area contributed by atoms with Crippen LogP contribution in [0.5, 0.6) is 0 Å². The van der Waals surface area contributed by atoms with Gasteiger partial charge in [0, 0.05) is 31.9 Å². The molecule has 1 fully saturated rings. The summed E-state index contributed by atoms with van der Waals surface area (Å²) in [5, 5.41) is 11.3. The zero-order valence-corrected chi connectivity index (χ0v) is 16.9. The van der Waals surface area contributed by atoms with Crippen LogP contribution in [0.1, 0.15) is 63.3 Å². The highest BCUT2D eigenvalue weighted by molar-refractivity contribution is 5.76. The number of unbranched alkanes of at least 4 members (excludes halogenated alkanes) is 1. The Morgan fingerprint density at radius 1 is 1.11 bits per heavy atom. The summed E-state index contributed by atoms with van der Waals surface area (Å²) in [5.41, 5.74) is 1.19. The lowest BCUT2D eigenvalue weighted by Gasteiger charge is -2.35. The van der Waals surface area contributed by atoms with Gasteiger partial charge in [-0.1, -0.05) is 30.3 Å². The molecule has 1 aromatic carbocycles. The van der Waals surface area contributed by atoms with Crippen molar-refractivity contribution in [1.82, 2.24) is 15.5 Å². The summed E-state index contributed by atoms with van der Waals surface area (Å²) in [6.45, 7) is 4.81. The molecule has 0 saturated carbocycles. The van der Waals surface area contributed by atoms with E-state index in [0.29, 0.717) is 31.2 Å². The molecule has 1 aromatic heterocycles. The summed E-state index contributed by atoms with van der Waals surface area (Å²) in [7, 11) is 0. The maximum absolute atomic E-state index is 12.2. The van der Waals surface area contributed by atoms with E-state index in [1.54, 1.807) is 0 Å². The van der Waals surface area contributed by atoms with Crippen LogP contribution in [0.25, 0.3) is 0 Å². The van der Waals surface area contributed by atoms with Crippen molar-refractivity contribution in [3.63, 3.8) is 0 Å². The van der Waals surface area contributed by atoms with E-state index in [-0.39, 0.29) is 17.6 Å². The Morgan fingerprint density at radius 3 is 2.57 bits per heavy atom. The first-order valence-corrected chi connectivity index (χ1v) is 10.3. The van der Waals surface area contributed by atoms with Gasteiger partial charge in [-0.2, -0.15) is 0 Å². The van der Waals surface area contributed by atoms with E-state index in [1.165, 1.54) is 5.56 Å². The van der Waals surface area contributed by atoms with Gasteiger partial charge in [-0.05, 0) is 51.5 Å². The number of ether oxygens (including phenoxy) is 1. The molecule has 2 heterocycles. The Labute approximate surface area is 167 Å². The fourth-order valence-corrected chi connectivity index (χ4v) is 3.62. The molecule has 1 N–H and O–H groups in total. The Morgan fingerprint density at radius 2 is 1.82 bits per heavy atom. The summed E-state index contributed by atoms with van der Waals surface area (Å²) in [5.74, 6) is 1.24. The predicted molar refractivity (Wildman–Crippen MR) is 107 cm³/mol. The molecular weight excluding hydrogens is 354 g/mol. The minimum absolute atomic E-state index is 0.0327. The second-order valence-electron chi connectivity index (χ2n) is 8.15. The first-order chi connectivity index (χ1) is 13.5. The van der Waals surface area contributed by atoms with Crippen molar-refractivity contribution in [2.75, 3.05) is 6.61 Å². The molecule has 1 saturated heterocycles. The largest absolute Gasteiger partial charge is 0.425 e. The number of amides is 1. The normalized spacial score (nSPS) is 18.7. The van der Waals surface area contributed by atoms with E-state index >= 15 is 0 Å². The van der Waals surface area contributed by atoms with Crippen molar-refractivity contribution in [1.29, 1.82) is 0 Å². The minimum Gasteiger partial charge on any atom is -0.425 e. The van der Waals surface area contributed by atoms with Crippen molar-refractivity contribution in [3.8, 4) is 0 Å². The molecule has 0 bridgehead atoms. The third-order valence-electron chi connectivity index (χ3n) is 5.09. The SMILES string of the molecule is CC1(C)C[C@@H](NC(=O)CCc2nnc(CCCCc3ccccc3)o2)CCO1. The molecule has 0 unspecified atom stereocenters. The van der Waals surface area contributed by atoms with E-state index in [9.17, 15) is 4.79 Å². The van der Waals surface area contributed by atoms with Crippen LogP contribution < -0.4 is 5.32 Å². The highest BCUT2D eigenvalue weighted by Gasteiger charge is 2.29. The quantitative estimate of drug-likeness (QED) is 0.667. The summed E-state index contributed by atoms with van der Waals surface area (Å²) in [6, 6.07) is 10.7. The first kappa shape index (κ1) is 20.5. The molecule has 28 heavy (non-hydrogen) atoms. The number of aryl methyl sites for hydroxylation is 3. The summed E-state index contributed by atoms with van der Waals surface area (Å²) >= 11 is 0. The van der Waals surface area contributed by atoms with Gasteiger partial charge >= 0.3 is 0 Å². The van der Waals surface area contributed by atoms with Crippen LogP contribution >= 0.6 is 0 Å². The van der Waals surface area contributed by atoms with Gasteiger partial charge in [0.25, 0.3) is 0 Å². The molecule has 6 heteroatoms. The van der Waals surface area contributed by atoms with Crippen molar-refractivity contribution < 1.29 is 13.9 Å². The van der Waals surface area contributed by atoms with Crippen molar-refractivity contribution in [3.05, 3.63) is 47.7 Å². The fourth-order valence-electron chi connectivity index (χ4n) is 3.62. The second kappa shape index (κ2) is 9.82. The highest BCUT2D eigenvalue weighted by atomic mass is 16.5. The Hall–Kier alpha value is -2.21. The molecule has 0 spiro atoms. The Balaban J connectivity index is 1.33. The smallest absolute Gasteiger partial charge is 0.220 e. The second-order valence-corrected chi connectivity index (χ2v) is 8.15. The van der Waals surface area contributed by atoms with Gasteiger partial charge in [0.05, 0.1) is 5.60 Å². The molecule has 1 aliphatic rings. The topological polar surface area (TPSA) is 77.3 Å². The van der Waals surface area contributed by atoms with Crippen LogP contribution in [0.4, 0.5) is 0 Å². The lowest BCUT2D eigenvalue weighted by Crippen LogP contribution is -2.45. The van der Waals surface area contributed by atoms with Gasteiger partial charge in [-0.25, -0.2) is 0 Å². The number of hydrogen-bond donors (Lipinski definition) is 1. The average Bonchev–Trinajstić information content (AvgIpc) is 3.11. The van der Waals surface area contributed by atoms with Gasteiger partial charge in [-0.15, -0.1) is 10.2 Å².